The Labute approximate surface area is 54.2 Å². The maximum absolute atomic E-state index is 8.65. The van der Waals surface area contributed by atoms with E-state index >= 15 is 0 Å². The normalized spacial score (nSPS) is 44.6. The van der Waals surface area contributed by atoms with Crippen LogP contribution in [0, 0.1) is 17.2 Å². The smallest absolute Gasteiger partial charge is 0.128 e. The molecule has 2 rings (SSSR count). The van der Waals surface area contributed by atoms with Gasteiger partial charge in [0.05, 0.1) is 6.07 Å². The van der Waals surface area contributed by atoms with Crippen molar-refractivity contribution in [2.75, 3.05) is 0 Å². The van der Waals surface area contributed by atoms with E-state index in [-0.39, 0.29) is 5.54 Å². The van der Waals surface area contributed by atoms with Crippen LogP contribution in [0.2, 0.25) is 0 Å². The molecule has 1 aliphatic heterocycles. The van der Waals surface area contributed by atoms with Crippen molar-refractivity contribution in [3.63, 3.8) is 0 Å². The second-order valence-electron chi connectivity index (χ2n) is 2.77. The summed E-state index contributed by atoms with van der Waals surface area (Å²) in [5, 5.41) is 11.7. The van der Waals surface area contributed by atoms with Gasteiger partial charge in [0.15, 0.2) is 0 Å². The first-order valence-corrected chi connectivity index (χ1v) is 3.21. The second-order valence-corrected chi connectivity index (χ2v) is 2.77. The van der Waals surface area contributed by atoms with Crippen LogP contribution in [0.25, 0.3) is 0 Å². The highest BCUT2D eigenvalue weighted by atomic mass is 15.0. The summed E-state index contributed by atoms with van der Waals surface area (Å²) < 4.78 is 0. The minimum absolute atomic E-state index is 0.144. The van der Waals surface area contributed by atoms with Gasteiger partial charge in [0.1, 0.15) is 5.54 Å². The van der Waals surface area contributed by atoms with E-state index in [2.05, 4.69) is 17.5 Å². The highest BCUT2D eigenvalue weighted by molar-refractivity contribution is 5.28. The maximum Gasteiger partial charge on any atom is 0.128 e. The summed E-state index contributed by atoms with van der Waals surface area (Å²) in [5.41, 5.74) is -0.144. The van der Waals surface area contributed by atoms with Crippen LogP contribution in [0.5, 0.6) is 0 Å². The van der Waals surface area contributed by atoms with Crippen molar-refractivity contribution in [1.29, 1.82) is 5.26 Å². The van der Waals surface area contributed by atoms with Gasteiger partial charge >= 0.3 is 0 Å². The topological polar surface area (TPSA) is 35.8 Å². The van der Waals surface area contributed by atoms with Crippen molar-refractivity contribution in [3.05, 3.63) is 12.3 Å². The largest absolute Gasteiger partial charge is 0.373 e. The van der Waals surface area contributed by atoms with E-state index in [1.807, 2.05) is 6.20 Å². The summed E-state index contributed by atoms with van der Waals surface area (Å²) in [4.78, 5) is 0. The van der Waals surface area contributed by atoms with Crippen LogP contribution in [0.4, 0.5) is 0 Å². The minimum Gasteiger partial charge on any atom is -0.373 e. The van der Waals surface area contributed by atoms with Gasteiger partial charge in [-0.3, -0.25) is 0 Å². The zero-order valence-electron chi connectivity index (χ0n) is 5.09. The predicted molar refractivity (Wildman–Crippen MR) is 33.3 cm³/mol. The van der Waals surface area contributed by atoms with Gasteiger partial charge in [-0.1, -0.05) is 6.08 Å². The van der Waals surface area contributed by atoms with Crippen molar-refractivity contribution in [3.8, 4) is 6.07 Å². The molecule has 0 radical (unpaired) electrons. The fourth-order valence-corrected chi connectivity index (χ4v) is 1.40. The van der Waals surface area contributed by atoms with E-state index < -0.39 is 0 Å². The fraction of sp³-hybridized carbons (Fsp3) is 0.571. The van der Waals surface area contributed by atoms with E-state index in [0.717, 1.165) is 12.8 Å². The minimum atomic E-state index is -0.144. The molecule has 2 atom stereocenters. The maximum atomic E-state index is 8.65. The quantitative estimate of drug-likeness (QED) is 0.512. The van der Waals surface area contributed by atoms with Gasteiger partial charge in [0.2, 0.25) is 0 Å². The summed E-state index contributed by atoms with van der Waals surface area (Å²) >= 11 is 0. The van der Waals surface area contributed by atoms with Gasteiger partial charge < -0.3 is 5.32 Å². The molecule has 0 aromatic rings. The third-order valence-electron chi connectivity index (χ3n) is 2.18. The molecule has 0 aromatic heterocycles. The molecule has 2 unspecified atom stereocenters. The first-order chi connectivity index (χ1) is 4.37. The second kappa shape index (κ2) is 1.30. The standard InChI is InChI=1S/C7H8N2/c8-5-7-4-6(7)2-1-3-9-7/h1,3,6,9H,2,4H2. The summed E-state index contributed by atoms with van der Waals surface area (Å²) in [5.74, 6) is 0.604. The van der Waals surface area contributed by atoms with Gasteiger partial charge in [-0.15, -0.1) is 0 Å². The lowest BCUT2D eigenvalue weighted by molar-refractivity contribution is 0.609. The zero-order chi connectivity index (χ0) is 6.32. The van der Waals surface area contributed by atoms with E-state index in [4.69, 9.17) is 5.26 Å². The van der Waals surface area contributed by atoms with Crippen LogP contribution in [0.15, 0.2) is 12.3 Å². The molecule has 1 N–H and O–H groups in total. The fourth-order valence-electron chi connectivity index (χ4n) is 1.40. The number of allylic oxidation sites excluding steroid dienone is 1. The summed E-state index contributed by atoms with van der Waals surface area (Å²) in [7, 11) is 0. The molecule has 0 aromatic carbocycles. The van der Waals surface area contributed by atoms with E-state index in [0.29, 0.717) is 5.92 Å². The van der Waals surface area contributed by atoms with E-state index in [1.54, 1.807) is 0 Å². The predicted octanol–water partition coefficient (Wildman–Crippen LogP) is 0.776. The molecule has 46 valence electrons. The molecule has 1 heterocycles. The van der Waals surface area contributed by atoms with Gasteiger partial charge in [-0.25, -0.2) is 0 Å². The number of hydrogen-bond donors (Lipinski definition) is 1. The lowest BCUT2D eigenvalue weighted by atomic mass is 10.1. The van der Waals surface area contributed by atoms with Crippen molar-refractivity contribution < 1.29 is 0 Å². The molecule has 1 fully saturated rings. The Morgan fingerprint density at radius 2 is 2.67 bits per heavy atom. The Balaban J connectivity index is 2.22. The number of fused-ring (bicyclic) bond motifs is 1. The molecule has 0 bridgehead atoms. The summed E-state index contributed by atoms with van der Waals surface area (Å²) in [6.45, 7) is 0. The van der Waals surface area contributed by atoms with Crippen molar-refractivity contribution in [2.45, 2.75) is 18.4 Å². The lowest BCUT2D eigenvalue weighted by Gasteiger charge is -2.11. The molecule has 0 amide bonds. The SMILES string of the molecule is N#CC12CC1CC=CN2. The van der Waals surface area contributed by atoms with Gasteiger partial charge in [0.25, 0.3) is 0 Å². The number of nitrogens with one attached hydrogen (secondary N) is 1. The Morgan fingerprint density at radius 3 is 3.22 bits per heavy atom. The molecule has 1 saturated carbocycles. The third-order valence-corrected chi connectivity index (χ3v) is 2.18. The van der Waals surface area contributed by atoms with Crippen LogP contribution < -0.4 is 5.32 Å². The van der Waals surface area contributed by atoms with Crippen LogP contribution in [0.3, 0.4) is 0 Å². The van der Waals surface area contributed by atoms with Gasteiger partial charge in [-0.2, -0.15) is 5.26 Å². The molecule has 1 aliphatic carbocycles. The first kappa shape index (κ1) is 4.87. The number of rotatable bonds is 0. The molecule has 0 spiro atoms. The molecule has 9 heavy (non-hydrogen) atoms. The van der Waals surface area contributed by atoms with Crippen LogP contribution >= 0.6 is 0 Å². The van der Waals surface area contributed by atoms with Crippen molar-refractivity contribution in [2.24, 2.45) is 5.92 Å². The average Bonchev–Trinajstić information content (AvgIpc) is 2.62. The molecular formula is C7H8N2. The summed E-state index contributed by atoms with van der Waals surface area (Å²) in [6, 6.07) is 2.29. The molecule has 2 aliphatic rings. The molecule has 2 nitrogen and oxygen atoms in total. The Kier molecular flexibility index (Phi) is 0.702. The monoisotopic (exact) mass is 120 g/mol. The van der Waals surface area contributed by atoms with E-state index in [1.165, 1.54) is 0 Å². The molecule has 2 heteroatoms. The molecule has 0 saturated heterocycles. The highest BCUT2D eigenvalue weighted by Gasteiger charge is 2.54. The number of hydrogen-bond acceptors (Lipinski definition) is 2. The summed E-state index contributed by atoms with van der Waals surface area (Å²) in [6.07, 6.45) is 6.11. The van der Waals surface area contributed by atoms with E-state index in [9.17, 15) is 0 Å². The molecular weight excluding hydrogens is 112 g/mol. The zero-order valence-corrected chi connectivity index (χ0v) is 5.09. The number of nitrogens with zero attached hydrogens (tertiary/aromatic N) is 1. The van der Waals surface area contributed by atoms with Crippen LogP contribution in [0.1, 0.15) is 12.8 Å². The first-order valence-electron chi connectivity index (χ1n) is 3.21. The van der Waals surface area contributed by atoms with Gasteiger partial charge in [-0.05, 0) is 19.0 Å². The third kappa shape index (κ3) is 0.491. The van der Waals surface area contributed by atoms with Crippen LogP contribution in [-0.4, -0.2) is 5.54 Å². The Hall–Kier alpha value is -0.970. The number of nitriles is 1. The average molecular weight is 120 g/mol. The highest BCUT2D eigenvalue weighted by Crippen LogP contribution is 2.47. The lowest BCUT2D eigenvalue weighted by Crippen LogP contribution is -2.28. The Bertz CT molecular complexity index is 201. The van der Waals surface area contributed by atoms with Crippen molar-refractivity contribution >= 4 is 0 Å². The van der Waals surface area contributed by atoms with Gasteiger partial charge in [0, 0.05) is 5.92 Å². The van der Waals surface area contributed by atoms with Crippen LogP contribution in [-0.2, 0) is 0 Å². The Morgan fingerprint density at radius 1 is 1.78 bits per heavy atom. The van der Waals surface area contributed by atoms with Crippen molar-refractivity contribution in [1.82, 2.24) is 5.32 Å².